The molecule has 0 unspecified atom stereocenters. The zero-order chi connectivity index (χ0) is 23.8. The molecule has 0 spiro atoms. The van der Waals surface area contributed by atoms with E-state index in [2.05, 4.69) is 6.07 Å². The van der Waals surface area contributed by atoms with E-state index in [0.717, 1.165) is 48.9 Å². The molecule has 1 aliphatic heterocycles. The fraction of sp³-hybridized carbons (Fsp3) is 0.444. The van der Waals surface area contributed by atoms with Crippen LogP contribution < -0.4 is 14.4 Å². The molecule has 0 saturated heterocycles. The van der Waals surface area contributed by atoms with E-state index in [1.165, 1.54) is 4.88 Å². The van der Waals surface area contributed by atoms with Gasteiger partial charge in [-0.2, -0.15) is 5.26 Å². The molecule has 5 rings (SSSR count). The molecule has 1 aromatic heterocycles. The summed E-state index contributed by atoms with van der Waals surface area (Å²) in [5, 5.41) is 10.8. The van der Waals surface area contributed by atoms with Crippen LogP contribution in [0.25, 0.3) is 0 Å². The normalized spacial score (nSPS) is 20.4. The van der Waals surface area contributed by atoms with Crippen LogP contribution in [0.15, 0.2) is 29.5 Å². The number of ketones is 1. The minimum atomic E-state index is -0.389. The van der Waals surface area contributed by atoms with Crippen molar-refractivity contribution >= 4 is 28.0 Å². The zero-order valence-corrected chi connectivity index (χ0v) is 20.4. The predicted molar refractivity (Wildman–Crippen MR) is 131 cm³/mol. The van der Waals surface area contributed by atoms with E-state index < -0.39 is 0 Å². The van der Waals surface area contributed by atoms with Crippen LogP contribution in [0.4, 0.5) is 5.00 Å². The highest BCUT2D eigenvalue weighted by molar-refractivity contribution is 7.16. The van der Waals surface area contributed by atoms with Crippen LogP contribution in [-0.2, 0) is 22.4 Å². The minimum absolute atomic E-state index is 0.0729. The molecule has 176 valence electrons. The molecule has 2 aromatic rings. The molecule has 3 aliphatic rings. The first-order valence-electron chi connectivity index (χ1n) is 11.9. The smallest absolute Gasteiger partial charge is 0.232 e. The molecule has 1 aromatic carbocycles. The number of fused-ring (bicyclic) bond motifs is 1. The molecule has 0 fully saturated rings. The quantitative estimate of drug-likeness (QED) is 0.550. The maximum atomic E-state index is 13.7. The van der Waals surface area contributed by atoms with Crippen molar-refractivity contribution in [2.24, 2.45) is 0 Å². The fourth-order valence-electron chi connectivity index (χ4n) is 5.61. The van der Waals surface area contributed by atoms with Crippen molar-refractivity contribution in [3.8, 4) is 17.6 Å². The Hall–Kier alpha value is -3.11. The number of nitriles is 1. The summed E-state index contributed by atoms with van der Waals surface area (Å²) in [6.45, 7) is 0. The summed E-state index contributed by atoms with van der Waals surface area (Å²) < 4.78 is 11.0. The molecule has 7 heteroatoms. The van der Waals surface area contributed by atoms with Crippen molar-refractivity contribution < 1.29 is 19.1 Å². The third-order valence-electron chi connectivity index (χ3n) is 7.21. The molecule has 2 aliphatic carbocycles. The van der Waals surface area contributed by atoms with E-state index in [4.69, 9.17) is 9.47 Å². The van der Waals surface area contributed by atoms with Gasteiger partial charge in [0.2, 0.25) is 5.91 Å². The first-order chi connectivity index (χ1) is 16.6. The number of Topliss-reactive ketones (excluding diaryl/α,β-unsaturated/α-hetero) is 1. The van der Waals surface area contributed by atoms with E-state index in [1.807, 2.05) is 18.2 Å². The molecule has 34 heavy (non-hydrogen) atoms. The molecule has 0 radical (unpaired) electrons. The van der Waals surface area contributed by atoms with Gasteiger partial charge in [0.25, 0.3) is 0 Å². The molecule has 2 heterocycles. The van der Waals surface area contributed by atoms with Crippen molar-refractivity contribution in [1.29, 1.82) is 5.26 Å². The Kier molecular flexibility index (Phi) is 6.18. The standard InChI is InChI=1S/C27H28N2O4S/c1-32-16-11-12-23(33-2)18(13-16)19-14-25(31)29(21-8-6-9-22(30)26(19)21)27-20(15-28)17-7-4-3-5-10-24(17)34-27/h11-13,19H,3-10,14H2,1-2H3/t19-/m1/s1. The lowest BCUT2D eigenvalue weighted by atomic mass is 9.77. The molecule has 1 amide bonds. The SMILES string of the molecule is COc1ccc(OC)c([C@H]2CC(=O)N(c3sc4c(c3C#N)CCCCC4)C3=C2C(=O)CCC3)c1. The van der Waals surface area contributed by atoms with Gasteiger partial charge in [0, 0.05) is 40.5 Å². The minimum Gasteiger partial charge on any atom is -0.497 e. The summed E-state index contributed by atoms with van der Waals surface area (Å²) in [6.07, 6.45) is 7.14. The third-order valence-corrected chi connectivity index (χ3v) is 8.48. The van der Waals surface area contributed by atoms with E-state index in [1.54, 1.807) is 30.5 Å². The lowest BCUT2D eigenvalue weighted by Crippen LogP contribution is -2.40. The number of hydrogen-bond donors (Lipinski definition) is 0. The Morgan fingerprint density at radius 2 is 1.85 bits per heavy atom. The van der Waals surface area contributed by atoms with Crippen LogP contribution in [0.5, 0.6) is 11.5 Å². The average Bonchev–Trinajstić information content (AvgIpc) is 3.02. The van der Waals surface area contributed by atoms with Gasteiger partial charge in [0.15, 0.2) is 5.78 Å². The molecule has 1 atom stereocenters. The van der Waals surface area contributed by atoms with Gasteiger partial charge in [0.05, 0.1) is 19.8 Å². The highest BCUT2D eigenvalue weighted by Gasteiger charge is 2.42. The summed E-state index contributed by atoms with van der Waals surface area (Å²) in [7, 11) is 3.19. The van der Waals surface area contributed by atoms with Gasteiger partial charge in [-0.1, -0.05) is 6.42 Å². The maximum absolute atomic E-state index is 13.7. The zero-order valence-electron chi connectivity index (χ0n) is 19.6. The topological polar surface area (TPSA) is 79.6 Å². The van der Waals surface area contributed by atoms with E-state index in [0.29, 0.717) is 46.9 Å². The molecule has 0 N–H and O–H groups in total. The van der Waals surface area contributed by atoms with Gasteiger partial charge in [-0.15, -0.1) is 11.3 Å². The lowest BCUT2D eigenvalue weighted by molar-refractivity contribution is -0.119. The number of allylic oxidation sites excluding steroid dienone is 2. The summed E-state index contributed by atoms with van der Waals surface area (Å²) >= 11 is 1.57. The van der Waals surface area contributed by atoms with E-state index >= 15 is 0 Å². The molecular weight excluding hydrogens is 448 g/mol. The number of ether oxygens (including phenoxy) is 2. The Bertz CT molecular complexity index is 1240. The number of carbonyl (C=O) groups excluding carboxylic acids is 2. The Morgan fingerprint density at radius 3 is 2.62 bits per heavy atom. The first kappa shape index (κ1) is 22.7. The number of methoxy groups -OCH3 is 2. The largest absolute Gasteiger partial charge is 0.497 e. The van der Waals surface area contributed by atoms with Gasteiger partial charge < -0.3 is 9.47 Å². The van der Waals surface area contributed by atoms with Gasteiger partial charge in [-0.25, -0.2) is 0 Å². The van der Waals surface area contributed by atoms with Gasteiger partial charge in [-0.3, -0.25) is 14.5 Å². The summed E-state index contributed by atoms with van der Waals surface area (Å²) in [5.41, 5.74) is 3.96. The number of aryl methyl sites for hydroxylation is 1. The number of thiophene rings is 1. The fourth-order valence-corrected chi connectivity index (χ4v) is 6.99. The monoisotopic (exact) mass is 476 g/mol. The Labute approximate surface area is 203 Å². The van der Waals surface area contributed by atoms with Crippen molar-refractivity contribution in [3.63, 3.8) is 0 Å². The van der Waals surface area contributed by atoms with Gasteiger partial charge >= 0.3 is 0 Å². The van der Waals surface area contributed by atoms with Crippen LogP contribution >= 0.6 is 11.3 Å². The number of carbonyl (C=O) groups is 2. The number of nitrogens with zero attached hydrogens (tertiary/aromatic N) is 2. The summed E-state index contributed by atoms with van der Waals surface area (Å²) in [5.74, 6) is 0.907. The van der Waals surface area contributed by atoms with Crippen molar-refractivity contribution in [2.45, 2.75) is 63.7 Å². The second kappa shape index (κ2) is 9.27. The predicted octanol–water partition coefficient (Wildman–Crippen LogP) is 5.43. The summed E-state index contributed by atoms with van der Waals surface area (Å²) in [6, 6.07) is 7.91. The third kappa shape index (κ3) is 3.70. The summed E-state index contributed by atoms with van der Waals surface area (Å²) in [4.78, 5) is 30.0. The van der Waals surface area contributed by atoms with Crippen LogP contribution in [0.1, 0.15) is 72.4 Å². The van der Waals surface area contributed by atoms with Gasteiger partial charge in [0.1, 0.15) is 22.6 Å². The number of anilines is 1. The first-order valence-corrected chi connectivity index (χ1v) is 12.7. The van der Waals surface area contributed by atoms with Crippen molar-refractivity contribution in [1.82, 2.24) is 0 Å². The van der Waals surface area contributed by atoms with Crippen LogP contribution in [0, 0.1) is 11.3 Å². The second-order valence-corrected chi connectivity index (χ2v) is 10.2. The van der Waals surface area contributed by atoms with E-state index in [9.17, 15) is 14.9 Å². The average molecular weight is 477 g/mol. The van der Waals surface area contributed by atoms with Gasteiger partial charge in [-0.05, 0) is 62.3 Å². The number of benzene rings is 1. The van der Waals surface area contributed by atoms with Crippen LogP contribution in [0.2, 0.25) is 0 Å². The van der Waals surface area contributed by atoms with E-state index in [-0.39, 0.29) is 24.0 Å². The molecule has 0 bridgehead atoms. The van der Waals surface area contributed by atoms with Crippen molar-refractivity contribution in [2.75, 3.05) is 19.1 Å². The lowest BCUT2D eigenvalue weighted by Gasteiger charge is -2.38. The van der Waals surface area contributed by atoms with Crippen molar-refractivity contribution in [3.05, 3.63) is 51.0 Å². The molecular formula is C27H28N2O4S. The maximum Gasteiger partial charge on any atom is 0.232 e. The Balaban J connectivity index is 1.68. The van der Waals surface area contributed by atoms with Crippen LogP contribution in [-0.4, -0.2) is 25.9 Å². The molecule has 6 nitrogen and oxygen atoms in total. The number of hydrogen-bond acceptors (Lipinski definition) is 6. The van der Waals surface area contributed by atoms with Crippen LogP contribution in [0.3, 0.4) is 0 Å². The highest BCUT2D eigenvalue weighted by Crippen LogP contribution is 2.49. The Morgan fingerprint density at radius 1 is 1.03 bits per heavy atom. The second-order valence-electron chi connectivity index (χ2n) is 9.09. The number of amides is 1. The number of rotatable bonds is 4. The highest BCUT2D eigenvalue weighted by atomic mass is 32.1. The molecule has 0 saturated carbocycles.